The van der Waals surface area contributed by atoms with Crippen LogP contribution < -0.4 is 0 Å². The number of ether oxygens (including phenoxy) is 1. The molecule has 6 nitrogen and oxygen atoms in total. The van der Waals surface area contributed by atoms with Crippen LogP contribution in [-0.2, 0) is 14.3 Å². The molecule has 3 amide bonds. The number of nitrogens with zero attached hydrogens (tertiary/aromatic N) is 2. The normalized spacial score (nSPS) is 18.1. The first kappa shape index (κ1) is 25.4. The van der Waals surface area contributed by atoms with Gasteiger partial charge in [0.1, 0.15) is 5.60 Å². The number of urea groups is 1. The maximum absolute atomic E-state index is 13.4. The highest BCUT2D eigenvalue weighted by molar-refractivity contribution is 5.97. The van der Waals surface area contributed by atoms with Crippen LogP contribution in [0.25, 0.3) is 0 Å². The second kappa shape index (κ2) is 11.6. The molecule has 1 saturated heterocycles. The van der Waals surface area contributed by atoms with Gasteiger partial charge in [-0.1, -0.05) is 40.0 Å². The fourth-order valence-corrected chi connectivity index (χ4v) is 3.76. The van der Waals surface area contributed by atoms with E-state index in [1.165, 1.54) is 4.90 Å². The van der Waals surface area contributed by atoms with E-state index >= 15 is 0 Å². The third kappa shape index (κ3) is 8.75. The quantitative estimate of drug-likeness (QED) is 0.396. The average Bonchev–Trinajstić information content (AvgIpc) is 3.02. The molecule has 1 rings (SSSR count). The largest absolute Gasteiger partial charge is 0.460 e. The van der Waals surface area contributed by atoms with E-state index in [-0.39, 0.29) is 36.3 Å². The fraction of sp³-hybridized carbons (Fsp3) is 0.870. The predicted molar refractivity (Wildman–Crippen MR) is 115 cm³/mol. The number of unbranched alkanes of at least 4 members (excludes halogenated alkanes) is 2. The molecule has 1 heterocycles. The Morgan fingerprint density at radius 2 is 1.83 bits per heavy atom. The number of hydrogen-bond donors (Lipinski definition) is 0. The lowest BCUT2D eigenvalue weighted by atomic mass is 9.95. The topological polar surface area (TPSA) is 66.9 Å². The molecule has 1 unspecified atom stereocenters. The van der Waals surface area contributed by atoms with Crippen LogP contribution in [0.3, 0.4) is 0 Å². The average molecular weight is 411 g/mol. The first-order valence-electron chi connectivity index (χ1n) is 11.3. The van der Waals surface area contributed by atoms with Gasteiger partial charge in [0.15, 0.2) is 0 Å². The Bertz CT molecular complexity index is 554. The molecule has 1 aliphatic heterocycles. The van der Waals surface area contributed by atoms with Crippen LogP contribution in [0.1, 0.15) is 93.4 Å². The van der Waals surface area contributed by atoms with E-state index < -0.39 is 11.5 Å². The molecule has 0 aromatic heterocycles. The summed E-state index contributed by atoms with van der Waals surface area (Å²) in [5, 5.41) is 0. The van der Waals surface area contributed by atoms with Crippen molar-refractivity contribution in [2.75, 3.05) is 13.1 Å². The van der Waals surface area contributed by atoms with E-state index in [1.807, 2.05) is 41.5 Å². The van der Waals surface area contributed by atoms with Gasteiger partial charge in [0.05, 0.1) is 6.42 Å². The van der Waals surface area contributed by atoms with Crippen molar-refractivity contribution in [1.82, 2.24) is 9.80 Å². The third-order valence-corrected chi connectivity index (χ3v) is 5.18. The maximum atomic E-state index is 13.4. The first-order valence-corrected chi connectivity index (χ1v) is 11.3. The molecule has 168 valence electrons. The minimum Gasteiger partial charge on any atom is -0.460 e. The third-order valence-electron chi connectivity index (χ3n) is 5.18. The highest BCUT2D eigenvalue weighted by atomic mass is 16.6. The van der Waals surface area contributed by atoms with Gasteiger partial charge in [-0.05, 0) is 52.9 Å². The molecule has 0 saturated carbocycles. The van der Waals surface area contributed by atoms with Gasteiger partial charge in [-0.3, -0.25) is 14.5 Å². The molecule has 1 fully saturated rings. The van der Waals surface area contributed by atoms with E-state index in [0.717, 1.165) is 32.1 Å². The lowest BCUT2D eigenvalue weighted by Crippen LogP contribution is -2.51. The number of carbonyl (C=O) groups excluding carboxylic acids is 3. The molecular weight excluding hydrogens is 368 g/mol. The highest BCUT2D eigenvalue weighted by Gasteiger charge is 2.36. The summed E-state index contributed by atoms with van der Waals surface area (Å²) in [7, 11) is 0. The summed E-state index contributed by atoms with van der Waals surface area (Å²) in [6.45, 7) is 14.7. The lowest BCUT2D eigenvalue weighted by molar-refractivity contribution is -0.158. The molecular formula is C23H42N2O4. The Morgan fingerprint density at radius 3 is 2.31 bits per heavy atom. The fourth-order valence-electron chi connectivity index (χ4n) is 3.76. The summed E-state index contributed by atoms with van der Waals surface area (Å²) < 4.78 is 5.46. The van der Waals surface area contributed by atoms with Gasteiger partial charge in [-0.2, -0.15) is 0 Å². The monoisotopic (exact) mass is 410 g/mol. The van der Waals surface area contributed by atoms with E-state index in [1.54, 1.807) is 4.90 Å². The van der Waals surface area contributed by atoms with Crippen molar-refractivity contribution in [2.45, 2.75) is 105 Å². The Labute approximate surface area is 177 Å². The zero-order valence-electron chi connectivity index (χ0n) is 19.6. The molecule has 6 heteroatoms. The second-order valence-corrected chi connectivity index (χ2v) is 9.79. The van der Waals surface area contributed by atoms with Gasteiger partial charge in [0.2, 0.25) is 5.91 Å². The van der Waals surface area contributed by atoms with Crippen molar-refractivity contribution in [3.05, 3.63) is 0 Å². The summed E-state index contributed by atoms with van der Waals surface area (Å²) in [5.41, 5.74) is -0.591. The number of rotatable bonds is 9. The van der Waals surface area contributed by atoms with Gasteiger partial charge in [-0.25, -0.2) is 4.79 Å². The first-order chi connectivity index (χ1) is 13.5. The van der Waals surface area contributed by atoms with Crippen molar-refractivity contribution < 1.29 is 19.1 Å². The van der Waals surface area contributed by atoms with E-state index in [9.17, 15) is 14.4 Å². The lowest BCUT2D eigenvalue weighted by Gasteiger charge is -2.32. The summed E-state index contributed by atoms with van der Waals surface area (Å²) >= 11 is 0. The summed E-state index contributed by atoms with van der Waals surface area (Å²) in [6.07, 6.45) is 5.45. The summed E-state index contributed by atoms with van der Waals surface area (Å²) in [5.74, 6) is -0.959. The standard InChI is InChI=1S/C23H42N2O4/c1-8-9-10-13-19(15-20(26)29-23(5,6)7)21(27)25(16-17(2)3)22(28)24-14-11-12-18(24)4/h17-19H,8-16H2,1-7H3/t18-,19?/m0/s1. The van der Waals surface area contributed by atoms with Crippen LogP contribution >= 0.6 is 0 Å². The number of esters is 1. The van der Waals surface area contributed by atoms with E-state index in [4.69, 9.17) is 4.74 Å². The number of amides is 3. The van der Waals surface area contributed by atoms with Crippen molar-refractivity contribution in [2.24, 2.45) is 11.8 Å². The van der Waals surface area contributed by atoms with Crippen LogP contribution in [0.4, 0.5) is 4.79 Å². The zero-order valence-corrected chi connectivity index (χ0v) is 19.6. The van der Waals surface area contributed by atoms with Crippen LogP contribution in [0.2, 0.25) is 0 Å². The molecule has 2 atom stereocenters. The van der Waals surface area contributed by atoms with Gasteiger partial charge in [-0.15, -0.1) is 0 Å². The van der Waals surface area contributed by atoms with Gasteiger partial charge < -0.3 is 9.64 Å². The Morgan fingerprint density at radius 1 is 1.17 bits per heavy atom. The minimum atomic E-state index is -0.591. The molecule has 0 radical (unpaired) electrons. The number of hydrogen-bond acceptors (Lipinski definition) is 4. The Kier molecular flexibility index (Phi) is 10.1. The van der Waals surface area contributed by atoms with Crippen molar-refractivity contribution in [3.63, 3.8) is 0 Å². The minimum absolute atomic E-state index is 0.0250. The van der Waals surface area contributed by atoms with Crippen LogP contribution in [-0.4, -0.2) is 52.4 Å². The Balaban J connectivity index is 3.01. The van der Waals surface area contributed by atoms with Crippen molar-refractivity contribution in [1.29, 1.82) is 0 Å². The number of likely N-dealkylation sites (tertiary alicyclic amines) is 1. The summed E-state index contributed by atoms with van der Waals surface area (Å²) in [6, 6.07) is -0.0623. The molecule has 1 aliphatic rings. The van der Waals surface area contributed by atoms with Gasteiger partial charge in [0.25, 0.3) is 0 Å². The van der Waals surface area contributed by atoms with Crippen LogP contribution in [0, 0.1) is 11.8 Å². The van der Waals surface area contributed by atoms with Gasteiger partial charge in [0, 0.05) is 25.0 Å². The second-order valence-electron chi connectivity index (χ2n) is 9.79. The smallest absolute Gasteiger partial charge is 0.326 e. The van der Waals surface area contributed by atoms with Crippen molar-refractivity contribution >= 4 is 17.9 Å². The molecule has 0 N–H and O–H groups in total. The number of carbonyl (C=O) groups is 3. The molecule has 0 aliphatic carbocycles. The molecule has 0 bridgehead atoms. The predicted octanol–water partition coefficient (Wildman–Crippen LogP) is 5.00. The zero-order chi connectivity index (χ0) is 22.2. The van der Waals surface area contributed by atoms with E-state index in [0.29, 0.717) is 19.5 Å². The molecule has 29 heavy (non-hydrogen) atoms. The highest BCUT2D eigenvalue weighted by Crippen LogP contribution is 2.24. The van der Waals surface area contributed by atoms with Gasteiger partial charge >= 0.3 is 12.0 Å². The molecule has 0 aromatic carbocycles. The molecule has 0 aromatic rings. The summed E-state index contributed by atoms with van der Waals surface area (Å²) in [4.78, 5) is 42.3. The number of imide groups is 1. The van der Waals surface area contributed by atoms with Crippen molar-refractivity contribution in [3.8, 4) is 0 Å². The molecule has 0 spiro atoms. The van der Waals surface area contributed by atoms with E-state index in [2.05, 4.69) is 6.92 Å². The maximum Gasteiger partial charge on any atom is 0.326 e. The van der Waals surface area contributed by atoms with Crippen LogP contribution in [0.5, 0.6) is 0 Å². The Hall–Kier alpha value is -1.59. The SMILES string of the molecule is CCCCCC(CC(=O)OC(C)(C)C)C(=O)N(CC(C)C)C(=O)N1CCC[C@@H]1C. The van der Waals surface area contributed by atoms with Crippen LogP contribution in [0.15, 0.2) is 0 Å².